The molecule has 2 aromatic carbocycles. The number of amides is 3. The van der Waals surface area contributed by atoms with Crippen LogP contribution >= 0.6 is 23.1 Å². The Morgan fingerprint density at radius 1 is 1.00 bits per heavy atom. The molecular weight excluding hydrogens is 468 g/mol. The van der Waals surface area contributed by atoms with Crippen LogP contribution in [0.25, 0.3) is 0 Å². The second kappa shape index (κ2) is 11.3. The number of anilines is 3. The number of para-hydroxylation sites is 2. The third-order valence-corrected chi connectivity index (χ3v) is 7.60. The molecule has 1 fully saturated rings. The molecule has 3 aromatic rings. The zero-order chi connectivity index (χ0) is 23.9. The summed E-state index contributed by atoms with van der Waals surface area (Å²) in [6.07, 6.45) is 0.931. The summed E-state index contributed by atoms with van der Waals surface area (Å²) in [5.74, 6) is 0.347. The minimum atomic E-state index is -0.138. The highest BCUT2D eigenvalue weighted by molar-refractivity contribution is 8.01. The van der Waals surface area contributed by atoms with Crippen LogP contribution in [0, 0.1) is 6.92 Å². The molecule has 0 saturated carbocycles. The van der Waals surface area contributed by atoms with Gasteiger partial charge in [-0.2, -0.15) is 0 Å². The first-order valence-electron chi connectivity index (χ1n) is 11.2. The molecule has 2 N–H and O–H groups in total. The van der Waals surface area contributed by atoms with Crippen LogP contribution in [0.15, 0.2) is 52.9 Å². The largest absolute Gasteiger partial charge is 0.338 e. The second-order valence-corrected chi connectivity index (χ2v) is 10.1. The van der Waals surface area contributed by atoms with Crippen molar-refractivity contribution in [2.45, 2.75) is 24.6 Å². The van der Waals surface area contributed by atoms with Crippen molar-refractivity contribution >= 4 is 51.5 Å². The molecule has 0 aliphatic carbocycles. The highest BCUT2D eigenvalue weighted by Crippen LogP contribution is 2.30. The Hall–Kier alpha value is -3.11. The molecule has 4 rings (SSSR count). The number of urea groups is 1. The van der Waals surface area contributed by atoms with E-state index in [9.17, 15) is 9.59 Å². The number of carbonyl (C=O) groups is 2. The zero-order valence-corrected chi connectivity index (χ0v) is 20.9. The van der Waals surface area contributed by atoms with Gasteiger partial charge in [0, 0.05) is 37.6 Å². The smallest absolute Gasteiger partial charge is 0.321 e. The highest BCUT2D eigenvalue weighted by Gasteiger charge is 2.24. The van der Waals surface area contributed by atoms with Crippen LogP contribution in [0.5, 0.6) is 0 Å². The summed E-state index contributed by atoms with van der Waals surface area (Å²) in [5, 5.41) is 15.5. The summed E-state index contributed by atoms with van der Waals surface area (Å²) < 4.78 is 0.753. The van der Waals surface area contributed by atoms with E-state index in [1.165, 1.54) is 28.7 Å². The number of rotatable bonds is 7. The molecule has 3 amide bonds. The van der Waals surface area contributed by atoms with Gasteiger partial charge in [0.15, 0.2) is 4.34 Å². The Labute approximate surface area is 207 Å². The number of thioether (sulfide) groups is 1. The molecule has 0 radical (unpaired) electrons. The number of hydrogen-bond donors (Lipinski definition) is 2. The summed E-state index contributed by atoms with van der Waals surface area (Å²) >= 11 is 2.84. The maximum atomic E-state index is 12.7. The zero-order valence-electron chi connectivity index (χ0n) is 19.3. The summed E-state index contributed by atoms with van der Waals surface area (Å²) in [7, 11) is 0. The van der Waals surface area contributed by atoms with Gasteiger partial charge in [-0.3, -0.25) is 4.79 Å². The molecule has 1 aromatic heterocycles. The van der Waals surface area contributed by atoms with E-state index in [4.69, 9.17) is 0 Å². The number of aromatic nitrogens is 2. The molecule has 34 heavy (non-hydrogen) atoms. The van der Waals surface area contributed by atoms with Crippen molar-refractivity contribution in [3.05, 3.63) is 59.7 Å². The molecule has 178 valence electrons. The summed E-state index contributed by atoms with van der Waals surface area (Å²) in [6, 6.07) is 15.5. The van der Waals surface area contributed by atoms with Crippen molar-refractivity contribution in [1.82, 2.24) is 20.0 Å². The Kier molecular flexibility index (Phi) is 8.02. The number of nitrogens with zero attached hydrogens (tertiary/aromatic N) is 4. The van der Waals surface area contributed by atoms with Gasteiger partial charge >= 0.3 is 6.03 Å². The van der Waals surface area contributed by atoms with E-state index >= 15 is 0 Å². The average molecular weight is 497 g/mol. The van der Waals surface area contributed by atoms with Crippen molar-refractivity contribution in [1.29, 1.82) is 0 Å². The van der Waals surface area contributed by atoms with Crippen molar-refractivity contribution in [2.24, 2.45) is 0 Å². The fraction of sp³-hybridized carbons (Fsp3) is 0.333. The SMILES string of the molecule is CCc1cccc(C)c1Nc1nnc(SCC(=O)N2CCN(C(=O)Nc3ccccc3)CC2)s1. The lowest BCUT2D eigenvalue weighted by atomic mass is 10.1. The topological polar surface area (TPSA) is 90.5 Å². The van der Waals surface area contributed by atoms with Gasteiger partial charge in [-0.1, -0.05) is 66.4 Å². The standard InChI is InChI=1S/C24H28N6O2S2/c1-3-18-9-7-8-17(2)21(18)26-22-27-28-24(34-22)33-16-20(31)29-12-14-30(15-13-29)23(32)25-19-10-5-4-6-11-19/h4-11H,3,12-16H2,1-2H3,(H,25,32)(H,26,27). The molecule has 1 aliphatic heterocycles. The molecule has 1 aliphatic rings. The fourth-order valence-electron chi connectivity index (χ4n) is 3.73. The van der Waals surface area contributed by atoms with Gasteiger partial charge in [-0.25, -0.2) is 4.79 Å². The highest BCUT2D eigenvalue weighted by atomic mass is 32.2. The average Bonchev–Trinajstić information content (AvgIpc) is 3.32. The van der Waals surface area contributed by atoms with Crippen molar-refractivity contribution in [2.75, 3.05) is 42.6 Å². The molecule has 0 bridgehead atoms. The van der Waals surface area contributed by atoms with E-state index in [0.29, 0.717) is 31.9 Å². The fourth-order valence-corrected chi connectivity index (χ4v) is 5.38. The van der Waals surface area contributed by atoms with Crippen molar-refractivity contribution < 1.29 is 9.59 Å². The Bertz CT molecular complexity index is 1130. The first kappa shape index (κ1) is 24.0. The van der Waals surface area contributed by atoms with Gasteiger partial charge in [0.05, 0.1) is 5.75 Å². The van der Waals surface area contributed by atoms with Crippen LogP contribution in [0.1, 0.15) is 18.1 Å². The number of carbonyl (C=O) groups excluding carboxylic acids is 2. The first-order chi connectivity index (χ1) is 16.5. The van der Waals surface area contributed by atoms with Crippen LogP contribution in [0.2, 0.25) is 0 Å². The summed E-state index contributed by atoms with van der Waals surface area (Å²) in [5.41, 5.74) is 4.23. The van der Waals surface area contributed by atoms with Gasteiger partial charge in [0.1, 0.15) is 0 Å². The lowest BCUT2D eigenvalue weighted by molar-refractivity contribution is -0.129. The van der Waals surface area contributed by atoms with E-state index in [0.717, 1.165) is 32.8 Å². The van der Waals surface area contributed by atoms with E-state index in [2.05, 4.69) is 52.9 Å². The van der Waals surface area contributed by atoms with Crippen LogP contribution in [-0.2, 0) is 11.2 Å². The molecule has 1 saturated heterocycles. The van der Waals surface area contributed by atoms with Gasteiger partial charge in [-0.15, -0.1) is 10.2 Å². The van der Waals surface area contributed by atoms with Crippen LogP contribution < -0.4 is 10.6 Å². The molecule has 0 atom stereocenters. The normalized spacial score (nSPS) is 13.6. The lowest BCUT2D eigenvalue weighted by Gasteiger charge is -2.34. The number of piperazine rings is 1. The van der Waals surface area contributed by atoms with E-state index in [1.54, 1.807) is 9.80 Å². The number of hydrogen-bond acceptors (Lipinski definition) is 7. The monoisotopic (exact) mass is 496 g/mol. The number of benzene rings is 2. The molecule has 0 unspecified atom stereocenters. The van der Waals surface area contributed by atoms with Crippen LogP contribution in [0.3, 0.4) is 0 Å². The minimum absolute atomic E-state index is 0.0463. The molecule has 8 nitrogen and oxygen atoms in total. The second-order valence-electron chi connectivity index (χ2n) is 7.91. The third-order valence-electron chi connectivity index (χ3n) is 5.64. The number of nitrogens with one attached hydrogen (secondary N) is 2. The maximum Gasteiger partial charge on any atom is 0.321 e. The summed E-state index contributed by atoms with van der Waals surface area (Å²) in [6.45, 7) is 6.27. The summed E-state index contributed by atoms with van der Waals surface area (Å²) in [4.78, 5) is 28.7. The predicted octanol–water partition coefficient (Wildman–Crippen LogP) is 4.62. The molecule has 2 heterocycles. The van der Waals surface area contributed by atoms with E-state index < -0.39 is 0 Å². The first-order valence-corrected chi connectivity index (χ1v) is 13.0. The van der Waals surface area contributed by atoms with Crippen LogP contribution in [0.4, 0.5) is 21.3 Å². The van der Waals surface area contributed by atoms with Gasteiger partial charge in [-0.05, 0) is 36.6 Å². The minimum Gasteiger partial charge on any atom is -0.338 e. The number of aryl methyl sites for hydroxylation is 2. The molecular formula is C24H28N6O2S2. The Morgan fingerprint density at radius 3 is 2.47 bits per heavy atom. The van der Waals surface area contributed by atoms with Crippen molar-refractivity contribution in [3.63, 3.8) is 0 Å². The molecule has 10 heteroatoms. The van der Waals surface area contributed by atoms with E-state index in [1.807, 2.05) is 30.3 Å². The molecule has 0 spiro atoms. The van der Waals surface area contributed by atoms with Crippen LogP contribution in [-0.4, -0.2) is 63.9 Å². The third kappa shape index (κ3) is 6.06. The van der Waals surface area contributed by atoms with Gasteiger partial charge in [0.25, 0.3) is 0 Å². The van der Waals surface area contributed by atoms with Crippen molar-refractivity contribution in [3.8, 4) is 0 Å². The predicted molar refractivity (Wildman–Crippen MR) is 138 cm³/mol. The maximum absolute atomic E-state index is 12.7. The Morgan fingerprint density at radius 2 is 1.74 bits per heavy atom. The van der Waals surface area contributed by atoms with Gasteiger partial charge in [0.2, 0.25) is 11.0 Å². The quantitative estimate of drug-likeness (QED) is 0.464. The van der Waals surface area contributed by atoms with E-state index in [-0.39, 0.29) is 11.9 Å². The van der Waals surface area contributed by atoms with Gasteiger partial charge < -0.3 is 20.4 Å². The lowest BCUT2D eigenvalue weighted by Crippen LogP contribution is -2.52. The Balaban J connectivity index is 1.24.